The normalized spacial score (nSPS) is 16.5. The molecule has 178 valence electrons. The summed E-state index contributed by atoms with van der Waals surface area (Å²) in [5, 5.41) is 1.87. The summed E-state index contributed by atoms with van der Waals surface area (Å²) in [6.45, 7) is 7.64. The topological polar surface area (TPSA) is 76.5 Å². The summed E-state index contributed by atoms with van der Waals surface area (Å²) in [4.78, 5) is 22.7. The van der Waals surface area contributed by atoms with Gasteiger partial charge in [0.25, 0.3) is 0 Å². The van der Waals surface area contributed by atoms with E-state index in [9.17, 15) is 4.79 Å². The van der Waals surface area contributed by atoms with Crippen molar-refractivity contribution in [2.45, 2.75) is 52.0 Å². The minimum Gasteiger partial charge on any atom is -0.351 e. The van der Waals surface area contributed by atoms with E-state index in [1.807, 2.05) is 42.9 Å². The van der Waals surface area contributed by atoms with Crippen LogP contribution < -0.4 is 5.73 Å². The number of aromatic nitrogens is 2. The zero-order valence-electron chi connectivity index (χ0n) is 20.0. The van der Waals surface area contributed by atoms with Crippen LogP contribution in [0.4, 0.5) is 4.79 Å². The highest BCUT2D eigenvalue weighted by Crippen LogP contribution is 2.41. The number of nitrogens with zero attached hydrogens (tertiary/aromatic N) is 4. The van der Waals surface area contributed by atoms with Crippen LogP contribution in [0.25, 0.3) is 22.2 Å². The molecule has 2 N–H and O–H groups in total. The van der Waals surface area contributed by atoms with Gasteiger partial charge in [0.15, 0.2) is 0 Å². The van der Waals surface area contributed by atoms with E-state index in [-0.39, 0.29) is 18.0 Å². The van der Waals surface area contributed by atoms with Crippen molar-refractivity contribution in [3.8, 4) is 5.69 Å². The van der Waals surface area contributed by atoms with Gasteiger partial charge in [-0.25, -0.2) is 4.79 Å². The number of benzene rings is 1. The highest BCUT2D eigenvalue weighted by molar-refractivity contribution is 6.30. The van der Waals surface area contributed by atoms with E-state index in [2.05, 4.69) is 42.5 Å². The average molecular weight is 478 g/mol. The molecule has 0 saturated carbocycles. The molecule has 1 saturated heterocycles. The Labute approximate surface area is 206 Å². The van der Waals surface area contributed by atoms with Crippen LogP contribution in [0.5, 0.6) is 0 Å². The van der Waals surface area contributed by atoms with Gasteiger partial charge in [-0.2, -0.15) is 0 Å². The SMILES string of the molecule is CC=C(C=NC(C)CC)c1c(C2CCN(C(N)=O)CC2)c2ccncc2n1-c1ccc(Cl)cc1. The van der Waals surface area contributed by atoms with Gasteiger partial charge in [0.05, 0.1) is 17.4 Å². The minimum absolute atomic E-state index is 0.243. The van der Waals surface area contributed by atoms with Gasteiger partial charge in [-0.15, -0.1) is 0 Å². The van der Waals surface area contributed by atoms with Gasteiger partial charge in [0, 0.05) is 53.2 Å². The number of fused-ring (bicyclic) bond motifs is 1. The highest BCUT2D eigenvalue weighted by atomic mass is 35.5. The molecule has 1 aliphatic rings. The average Bonchev–Trinajstić information content (AvgIpc) is 3.19. The lowest BCUT2D eigenvalue weighted by Gasteiger charge is -2.31. The van der Waals surface area contributed by atoms with Crippen molar-refractivity contribution in [2.75, 3.05) is 13.1 Å². The number of piperidine rings is 1. The maximum absolute atomic E-state index is 11.7. The molecule has 2 amide bonds. The molecule has 1 aliphatic heterocycles. The molecular formula is C27H32ClN5O. The number of aliphatic imine (C=N–C) groups is 1. The number of urea groups is 1. The van der Waals surface area contributed by atoms with E-state index >= 15 is 0 Å². The predicted octanol–water partition coefficient (Wildman–Crippen LogP) is 6.21. The number of amides is 2. The third-order valence-electron chi connectivity index (χ3n) is 6.75. The second kappa shape index (κ2) is 10.4. The standard InChI is InChI=1S/C27H32ClN5O/c1-4-18(3)31-16-19(5-2)26-25(20-11-14-32(15-12-20)27(29)34)23-10-13-30-17-24(23)33(26)22-8-6-21(28)7-9-22/h5-10,13,16-18,20H,4,11-12,14-15H2,1-3H3,(H2,29,34). The molecule has 34 heavy (non-hydrogen) atoms. The van der Waals surface area contributed by atoms with E-state index in [1.165, 1.54) is 10.9 Å². The van der Waals surface area contributed by atoms with Gasteiger partial charge in [0.2, 0.25) is 0 Å². The molecule has 1 aromatic carbocycles. The lowest BCUT2D eigenvalue weighted by Crippen LogP contribution is -2.41. The van der Waals surface area contributed by atoms with Crippen molar-refractivity contribution in [3.63, 3.8) is 0 Å². The van der Waals surface area contributed by atoms with Gasteiger partial charge in [-0.05, 0) is 74.9 Å². The first-order valence-corrected chi connectivity index (χ1v) is 12.3. The zero-order chi connectivity index (χ0) is 24.2. The first-order chi connectivity index (χ1) is 16.4. The molecule has 0 bridgehead atoms. The van der Waals surface area contributed by atoms with Gasteiger partial charge in [-0.1, -0.05) is 24.6 Å². The Kier molecular flexibility index (Phi) is 7.37. The summed E-state index contributed by atoms with van der Waals surface area (Å²) in [5.74, 6) is 0.288. The molecule has 2 aromatic heterocycles. The molecule has 0 radical (unpaired) electrons. The van der Waals surface area contributed by atoms with Crippen LogP contribution in [0.3, 0.4) is 0 Å². The lowest BCUT2D eigenvalue weighted by atomic mass is 9.86. The predicted molar refractivity (Wildman–Crippen MR) is 141 cm³/mol. The summed E-state index contributed by atoms with van der Waals surface area (Å²) < 4.78 is 2.27. The number of carbonyl (C=O) groups is 1. The largest absolute Gasteiger partial charge is 0.351 e. The highest BCUT2D eigenvalue weighted by Gasteiger charge is 2.30. The molecule has 4 rings (SSSR count). The van der Waals surface area contributed by atoms with Crippen LogP contribution in [0.2, 0.25) is 5.02 Å². The van der Waals surface area contributed by atoms with Crippen molar-refractivity contribution in [2.24, 2.45) is 10.7 Å². The van der Waals surface area contributed by atoms with E-state index < -0.39 is 0 Å². The molecule has 7 heteroatoms. The van der Waals surface area contributed by atoms with Crippen LogP contribution in [0.15, 0.2) is 53.8 Å². The smallest absolute Gasteiger partial charge is 0.314 e. The molecule has 0 spiro atoms. The Balaban J connectivity index is 1.94. The summed E-state index contributed by atoms with van der Waals surface area (Å²) >= 11 is 6.22. The summed E-state index contributed by atoms with van der Waals surface area (Å²) in [5.41, 5.74) is 11.1. The van der Waals surface area contributed by atoms with Crippen molar-refractivity contribution < 1.29 is 4.79 Å². The summed E-state index contributed by atoms with van der Waals surface area (Å²) in [6.07, 6.45) is 10.6. The van der Waals surface area contributed by atoms with Crippen LogP contribution in [-0.4, -0.2) is 45.8 Å². The second-order valence-corrected chi connectivity index (χ2v) is 9.28. The molecule has 1 unspecified atom stereocenters. The van der Waals surface area contributed by atoms with Gasteiger partial charge in [0.1, 0.15) is 0 Å². The Hall–Kier alpha value is -3.12. The number of allylic oxidation sites excluding steroid dienone is 2. The van der Waals surface area contributed by atoms with Crippen LogP contribution in [0.1, 0.15) is 57.2 Å². The lowest BCUT2D eigenvalue weighted by molar-refractivity contribution is 0.191. The molecule has 0 aliphatic carbocycles. The van der Waals surface area contributed by atoms with Crippen LogP contribution >= 0.6 is 11.6 Å². The Morgan fingerprint density at radius 3 is 2.59 bits per heavy atom. The van der Waals surface area contributed by atoms with Crippen molar-refractivity contribution >= 4 is 40.3 Å². The second-order valence-electron chi connectivity index (χ2n) is 8.85. The van der Waals surface area contributed by atoms with E-state index in [1.54, 1.807) is 4.90 Å². The number of carbonyl (C=O) groups excluding carboxylic acids is 1. The molecule has 6 nitrogen and oxygen atoms in total. The van der Waals surface area contributed by atoms with E-state index in [4.69, 9.17) is 22.3 Å². The fourth-order valence-electron chi connectivity index (χ4n) is 4.69. The molecule has 1 atom stereocenters. The van der Waals surface area contributed by atoms with E-state index in [0.717, 1.165) is 41.7 Å². The monoisotopic (exact) mass is 477 g/mol. The number of halogens is 1. The maximum Gasteiger partial charge on any atom is 0.314 e. The molecular weight excluding hydrogens is 446 g/mol. The van der Waals surface area contributed by atoms with Gasteiger partial charge < -0.3 is 15.2 Å². The number of nitrogens with two attached hydrogens (primary N) is 1. The third kappa shape index (κ3) is 4.73. The molecule has 3 heterocycles. The summed E-state index contributed by atoms with van der Waals surface area (Å²) in [6, 6.07) is 9.90. The fourth-order valence-corrected chi connectivity index (χ4v) is 4.82. The minimum atomic E-state index is -0.346. The fraction of sp³-hybridized carbons (Fsp3) is 0.370. The molecule has 3 aromatic rings. The van der Waals surface area contributed by atoms with Crippen molar-refractivity contribution in [1.82, 2.24) is 14.5 Å². The first-order valence-electron chi connectivity index (χ1n) is 11.9. The molecule has 1 fully saturated rings. The maximum atomic E-state index is 11.7. The first kappa shape index (κ1) is 24.0. The Morgan fingerprint density at radius 1 is 1.26 bits per heavy atom. The Morgan fingerprint density at radius 2 is 1.97 bits per heavy atom. The zero-order valence-corrected chi connectivity index (χ0v) is 20.8. The van der Waals surface area contributed by atoms with Crippen molar-refractivity contribution in [1.29, 1.82) is 0 Å². The van der Waals surface area contributed by atoms with Crippen LogP contribution in [0, 0.1) is 0 Å². The Bertz CT molecular complexity index is 1220. The number of hydrogen-bond acceptors (Lipinski definition) is 3. The van der Waals surface area contributed by atoms with Gasteiger partial charge >= 0.3 is 6.03 Å². The van der Waals surface area contributed by atoms with Crippen molar-refractivity contribution in [3.05, 3.63) is 65.1 Å². The number of pyridine rings is 1. The van der Waals surface area contributed by atoms with E-state index in [0.29, 0.717) is 18.1 Å². The third-order valence-corrected chi connectivity index (χ3v) is 7.00. The quantitative estimate of drug-likeness (QED) is 0.428. The number of hydrogen-bond donors (Lipinski definition) is 1. The van der Waals surface area contributed by atoms with Crippen LogP contribution in [-0.2, 0) is 0 Å². The van der Waals surface area contributed by atoms with Gasteiger partial charge in [-0.3, -0.25) is 9.98 Å². The number of primary amides is 1. The number of rotatable bonds is 6. The number of likely N-dealkylation sites (tertiary alicyclic amines) is 1. The summed E-state index contributed by atoms with van der Waals surface area (Å²) in [7, 11) is 0.